The van der Waals surface area contributed by atoms with Gasteiger partial charge in [-0.25, -0.2) is 0 Å². The summed E-state index contributed by atoms with van der Waals surface area (Å²) in [5.41, 5.74) is 2.66. The van der Waals surface area contributed by atoms with Crippen LogP contribution in [0, 0.1) is 0 Å². The molecule has 0 spiro atoms. The minimum Gasteiger partial charge on any atom is -0.391 e. The van der Waals surface area contributed by atoms with E-state index in [-0.39, 0.29) is 6.54 Å². The first-order valence-corrected chi connectivity index (χ1v) is 8.49. The van der Waals surface area contributed by atoms with Gasteiger partial charge in [0, 0.05) is 12.2 Å². The van der Waals surface area contributed by atoms with Gasteiger partial charge in [-0.05, 0) is 30.0 Å². The third-order valence-corrected chi connectivity index (χ3v) is 3.83. The molecule has 5 nitrogen and oxygen atoms in total. The van der Waals surface area contributed by atoms with Gasteiger partial charge in [0.1, 0.15) is 0 Å². The largest absolute Gasteiger partial charge is 0.391 e. The van der Waals surface area contributed by atoms with Crippen LogP contribution in [0.1, 0.15) is 30.9 Å². The number of para-hydroxylation sites is 1. The van der Waals surface area contributed by atoms with Gasteiger partial charge >= 0.3 is 11.8 Å². The minimum atomic E-state index is -0.746. The Kier molecular flexibility index (Phi) is 7.16. The summed E-state index contributed by atoms with van der Waals surface area (Å²) in [6.07, 6.45) is 1.43. The zero-order chi connectivity index (χ0) is 18.1. The molecule has 2 rings (SSSR count). The van der Waals surface area contributed by atoms with E-state index in [4.69, 9.17) is 0 Å². The summed E-state index contributed by atoms with van der Waals surface area (Å²) in [6.45, 7) is 2.02. The van der Waals surface area contributed by atoms with Gasteiger partial charge in [0.2, 0.25) is 0 Å². The SMILES string of the molecule is CCCC(O)CNC(=O)C(=O)Nc1ccccc1Cc1ccccc1. The van der Waals surface area contributed by atoms with Gasteiger partial charge in [-0.1, -0.05) is 61.9 Å². The molecule has 2 aromatic rings. The van der Waals surface area contributed by atoms with Crippen molar-refractivity contribution < 1.29 is 14.7 Å². The van der Waals surface area contributed by atoms with E-state index in [0.717, 1.165) is 17.5 Å². The Labute approximate surface area is 148 Å². The van der Waals surface area contributed by atoms with Gasteiger partial charge in [-0.2, -0.15) is 0 Å². The average molecular weight is 340 g/mol. The molecule has 2 aromatic carbocycles. The van der Waals surface area contributed by atoms with E-state index in [1.165, 1.54) is 0 Å². The summed E-state index contributed by atoms with van der Waals surface area (Å²) in [5.74, 6) is -1.48. The van der Waals surface area contributed by atoms with Gasteiger partial charge in [0.25, 0.3) is 0 Å². The van der Waals surface area contributed by atoms with Gasteiger partial charge in [-0.15, -0.1) is 0 Å². The van der Waals surface area contributed by atoms with E-state index in [1.807, 2.05) is 55.5 Å². The summed E-state index contributed by atoms with van der Waals surface area (Å²) < 4.78 is 0. The van der Waals surface area contributed by atoms with Crippen LogP contribution in [0.15, 0.2) is 54.6 Å². The lowest BCUT2D eigenvalue weighted by Gasteiger charge is -2.13. The summed E-state index contributed by atoms with van der Waals surface area (Å²) in [4.78, 5) is 24.0. The number of amides is 2. The predicted molar refractivity (Wildman–Crippen MR) is 98.2 cm³/mol. The molecule has 2 amide bonds. The van der Waals surface area contributed by atoms with E-state index < -0.39 is 17.9 Å². The number of hydrogen-bond acceptors (Lipinski definition) is 3. The van der Waals surface area contributed by atoms with E-state index in [9.17, 15) is 14.7 Å². The molecular formula is C20H24N2O3. The number of carbonyl (C=O) groups excluding carboxylic acids is 2. The van der Waals surface area contributed by atoms with Crippen LogP contribution in [0.25, 0.3) is 0 Å². The summed E-state index contributed by atoms with van der Waals surface area (Å²) in [5, 5.41) is 14.7. The van der Waals surface area contributed by atoms with E-state index in [1.54, 1.807) is 6.07 Å². The highest BCUT2D eigenvalue weighted by atomic mass is 16.3. The van der Waals surface area contributed by atoms with E-state index >= 15 is 0 Å². The molecule has 1 unspecified atom stereocenters. The first-order chi connectivity index (χ1) is 12.1. The molecule has 5 heteroatoms. The van der Waals surface area contributed by atoms with Gasteiger partial charge in [0.05, 0.1) is 6.10 Å². The normalized spacial score (nSPS) is 11.6. The smallest absolute Gasteiger partial charge is 0.313 e. The summed E-state index contributed by atoms with van der Waals surface area (Å²) in [6, 6.07) is 17.3. The third-order valence-electron chi connectivity index (χ3n) is 3.83. The molecule has 0 heterocycles. The van der Waals surface area contributed by atoms with Gasteiger partial charge in [-0.3, -0.25) is 9.59 Å². The Bertz CT molecular complexity index is 701. The van der Waals surface area contributed by atoms with Crippen molar-refractivity contribution in [3.8, 4) is 0 Å². The second-order valence-corrected chi connectivity index (χ2v) is 5.93. The molecule has 0 fully saturated rings. The average Bonchev–Trinajstić information content (AvgIpc) is 2.62. The van der Waals surface area contributed by atoms with Crippen LogP contribution in [0.3, 0.4) is 0 Å². The standard InChI is InChI=1S/C20H24N2O3/c1-2-8-17(23)14-21-19(24)20(25)22-18-12-7-6-11-16(18)13-15-9-4-3-5-10-15/h3-7,9-12,17,23H,2,8,13-14H2,1H3,(H,21,24)(H,22,25). The summed E-state index contributed by atoms with van der Waals surface area (Å²) in [7, 11) is 0. The topological polar surface area (TPSA) is 78.4 Å². The van der Waals surface area contributed by atoms with Crippen molar-refractivity contribution in [1.82, 2.24) is 5.32 Å². The molecule has 25 heavy (non-hydrogen) atoms. The fourth-order valence-corrected chi connectivity index (χ4v) is 2.52. The van der Waals surface area contributed by atoms with Crippen molar-refractivity contribution in [2.24, 2.45) is 0 Å². The Hall–Kier alpha value is -2.66. The van der Waals surface area contributed by atoms with Crippen molar-refractivity contribution in [2.75, 3.05) is 11.9 Å². The van der Waals surface area contributed by atoms with Crippen LogP contribution in [0.2, 0.25) is 0 Å². The lowest BCUT2D eigenvalue weighted by Crippen LogP contribution is -2.39. The monoisotopic (exact) mass is 340 g/mol. The number of carbonyl (C=O) groups is 2. The highest BCUT2D eigenvalue weighted by molar-refractivity contribution is 6.39. The number of rotatable bonds is 7. The molecule has 0 saturated carbocycles. The first kappa shape index (κ1) is 18.7. The molecule has 0 aliphatic heterocycles. The molecule has 0 aromatic heterocycles. The van der Waals surface area contributed by atoms with Crippen molar-refractivity contribution >= 4 is 17.5 Å². The Morgan fingerprint density at radius 3 is 2.40 bits per heavy atom. The van der Waals surface area contributed by atoms with Crippen molar-refractivity contribution in [3.05, 3.63) is 65.7 Å². The molecule has 0 bridgehead atoms. The second kappa shape index (κ2) is 9.59. The first-order valence-electron chi connectivity index (χ1n) is 8.49. The second-order valence-electron chi connectivity index (χ2n) is 5.93. The maximum absolute atomic E-state index is 12.1. The number of benzene rings is 2. The van der Waals surface area contributed by atoms with Crippen LogP contribution in [0.4, 0.5) is 5.69 Å². The molecular weight excluding hydrogens is 316 g/mol. The highest BCUT2D eigenvalue weighted by Gasteiger charge is 2.16. The van der Waals surface area contributed by atoms with Crippen LogP contribution in [-0.4, -0.2) is 29.6 Å². The zero-order valence-electron chi connectivity index (χ0n) is 14.4. The molecule has 0 saturated heterocycles. The van der Waals surface area contributed by atoms with Gasteiger partial charge in [0.15, 0.2) is 0 Å². The van der Waals surface area contributed by atoms with Gasteiger partial charge < -0.3 is 15.7 Å². The predicted octanol–water partition coefficient (Wildman–Crippen LogP) is 2.49. The maximum atomic E-state index is 12.1. The quantitative estimate of drug-likeness (QED) is 0.678. The van der Waals surface area contributed by atoms with Crippen LogP contribution < -0.4 is 10.6 Å². The maximum Gasteiger partial charge on any atom is 0.313 e. The van der Waals surface area contributed by atoms with Crippen LogP contribution in [0.5, 0.6) is 0 Å². The van der Waals surface area contributed by atoms with Crippen molar-refractivity contribution in [1.29, 1.82) is 0 Å². The lowest BCUT2D eigenvalue weighted by molar-refractivity contribution is -0.136. The fraction of sp³-hybridized carbons (Fsp3) is 0.300. The molecule has 0 aliphatic rings. The molecule has 3 N–H and O–H groups in total. The van der Waals surface area contributed by atoms with Crippen molar-refractivity contribution in [2.45, 2.75) is 32.3 Å². The van der Waals surface area contributed by atoms with E-state index in [2.05, 4.69) is 10.6 Å². The molecule has 0 radical (unpaired) electrons. The molecule has 1 atom stereocenters. The van der Waals surface area contributed by atoms with Crippen LogP contribution in [-0.2, 0) is 16.0 Å². The van der Waals surface area contributed by atoms with Crippen LogP contribution >= 0.6 is 0 Å². The number of aliphatic hydroxyl groups is 1. The Balaban J connectivity index is 1.97. The Morgan fingerprint density at radius 1 is 1.00 bits per heavy atom. The fourth-order valence-electron chi connectivity index (χ4n) is 2.52. The third kappa shape index (κ3) is 6.04. The number of nitrogens with one attached hydrogen (secondary N) is 2. The lowest BCUT2D eigenvalue weighted by atomic mass is 10.0. The molecule has 132 valence electrons. The number of aliphatic hydroxyl groups excluding tert-OH is 1. The highest BCUT2D eigenvalue weighted by Crippen LogP contribution is 2.19. The number of hydrogen-bond donors (Lipinski definition) is 3. The minimum absolute atomic E-state index is 0.0752. The number of anilines is 1. The van der Waals surface area contributed by atoms with Crippen molar-refractivity contribution in [3.63, 3.8) is 0 Å². The molecule has 0 aliphatic carbocycles. The summed E-state index contributed by atoms with van der Waals surface area (Å²) >= 11 is 0. The zero-order valence-corrected chi connectivity index (χ0v) is 14.4. The van der Waals surface area contributed by atoms with E-state index in [0.29, 0.717) is 18.5 Å². The Morgan fingerprint density at radius 2 is 1.68 bits per heavy atom.